The van der Waals surface area contributed by atoms with Crippen molar-refractivity contribution in [2.75, 3.05) is 0 Å². The maximum atomic E-state index is 11.8. The minimum absolute atomic E-state index is 0.0366. The summed E-state index contributed by atoms with van der Waals surface area (Å²) >= 11 is 0. The van der Waals surface area contributed by atoms with E-state index in [4.69, 9.17) is 0 Å². The average molecular weight is 186 g/mol. The third kappa shape index (κ3) is 1.14. The van der Waals surface area contributed by atoms with Crippen LogP contribution in [0.1, 0.15) is 5.69 Å². The molecule has 3 nitrogen and oxygen atoms in total. The molecule has 0 saturated heterocycles. The van der Waals surface area contributed by atoms with E-state index in [1.54, 1.807) is 25.5 Å². The molecule has 0 fully saturated rings. The minimum Gasteiger partial charge on any atom is -0.318 e. The van der Waals surface area contributed by atoms with E-state index in [1.807, 2.05) is 12.1 Å². The first-order valence-electron chi connectivity index (χ1n) is 4.31. The van der Waals surface area contributed by atoms with Gasteiger partial charge >= 0.3 is 0 Å². The van der Waals surface area contributed by atoms with Gasteiger partial charge in [0.2, 0.25) is 0 Å². The number of hydrogen-bond acceptors (Lipinski definition) is 2. The monoisotopic (exact) mass is 186 g/mol. The lowest BCUT2D eigenvalue weighted by molar-refractivity contribution is 0.872. The van der Waals surface area contributed by atoms with Crippen LogP contribution in [0, 0.1) is 0 Å². The van der Waals surface area contributed by atoms with Gasteiger partial charge in [0.1, 0.15) is 0 Å². The van der Waals surface area contributed by atoms with Crippen molar-refractivity contribution in [2.45, 2.75) is 0 Å². The summed E-state index contributed by atoms with van der Waals surface area (Å²) in [5, 5.41) is 1.53. The van der Waals surface area contributed by atoms with Gasteiger partial charge in [-0.3, -0.25) is 9.78 Å². The smallest absolute Gasteiger partial charge is 0.260 e. The van der Waals surface area contributed by atoms with E-state index in [9.17, 15) is 4.79 Å². The van der Waals surface area contributed by atoms with Gasteiger partial charge in [-0.1, -0.05) is 6.58 Å². The predicted molar refractivity (Wildman–Crippen MR) is 57.1 cm³/mol. The van der Waals surface area contributed by atoms with E-state index >= 15 is 0 Å². The van der Waals surface area contributed by atoms with Crippen molar-refractivity contribution >= 4 is 16.8 Å². The lowest BCUT2D eigenvalue weighted by Crippen LogP contribution is -2.16. The molecule has 0 bridgehead atoms. The fourth-order valence-corrected chi connectivity index (χ4v) is 1.46. The van der Waals surface area contributed by atoms with Gasteiger partial charge in [0, 0.05) is 19.4 Å². The van der Waals surface area contributed by atoms with Crippen molar-refractivity contribution in [2.24, 2.45) is 7.05 Å². The number of aryl methyl sites for hydroxylation is 1. The molecule has 2 aromatic heterocycles. The molecule has 0 aliphatic heterocycles. The Balaban J connectivity index is 3.04. The molecule has 0 N–H and O–H groups in total. The molecular weight excluding hydrogens is 176 g/mol. The van der Waals surface area contributed by atoms with Gasteiger partial charge < -0.3 is 4.57 Å². The highest BCUT2D eigenvalue weighted by atomic mass is 16.1. The second-order valence-corrected chi connectivity index (χ2v) is 3.10. The molecule has 3 heteroatoms. The molecule has 2 heterocycles. The van der Waals surface area contributed by atoms with Crippen LogP contribution in [0.2, 0.25) is 0 Å². The second-order valence-electron chi connectivity index (χ2n) is 3.10. The largest absolute Gasteiger partial charge is 0.318 e. The topological polar surface area (TPSA) is 34.9 Å². The van der Waals surface area contributed by atoms with E-state index < -0.39 is 0 Å². The van der Waals surface area contributed by atoms with Crippen LogP contribution in [0.25, 0.3) is 16.8 Å². The summed E-state index contributed by atoms with van der Waals surface area (Å²) in [5.41, 5.74) is 0.606. The van der Waals surface area contributed by atoms with Gasteiger partial charge in [0.05, 0.1) is 11.1 Å². The van der Waals surface area contributed by atoms with E-state index in [0.29, 0.717) is 11.1 Å². The molecule has 0 radical (unpaired) electrons. The van der Waals surface area contributed by atoms with Crippen molar-refractivity contribution in [3.63, 3.8) is 0 Å². The first kappa shape index (κ1) is 8.69. The van der Waals surface area contributed by atoms with Crippen molar-refractivity contribution < 1.29 is 0 Å². The molecule has 0 unspecified atom stereocenters. The summed E-state index contributed by atoms with van der Waals surface area (Å²) in [7, 11) is 1.72. The Labute approximate surface area is 81.3 Å². The van der Waals surface area contributed by atoms with Crippen LogP contribution >= 0.6 is 0 Å². The zero-order valence-corrected chi connectivity index (χ0v) is 7.90. The van der Waals surface area contributed by atoms with E-state index in [-0.39, 0.29) is 5.56 Å². The normalized spacial score (nSPS) is 10.4. The Kier molecular flexibility index (Phi) is 1.93. The summed E-state index contributed by atoms with van der Waals surface area (Å²) in [4.78, 5) is 15.9. The Morgan fingerprint density at radius 1 is 1.50 bits per heavy atom. The van der Waals surface area contributed by atoms with E-state index in [0.717, 1.165) is 5.39 Å². The van der Waals surface area contributed by atoms with Gasteiger partial charge in [-0.25, -0.2) is 0 Å². The Hall–Kier alpha value is -1.90. The van der Waals surface area contributed by atoms with E-state index in [1.165, 1.54) is 4.57 Å². The number of hydrogen-bond donors (Lipinski definition) is 0. The van der Waals surface area contributed by atoms with Crippen molar-refractivity contribution in [1.82, 2.24) is 9.55 Å². The number of aromatic nitrogens is 2. The highest BCUT2D eigenvalue weighted by molar-refractivity contribution is 5.87. The van der Waals surface area contributed by atoms with Crippen LogP contribution in [0.15, 0.2) is 35.9 Å². The summed E-state index contributed by atoms with van der Waals surface area (Å²) in [6.45, 7) is 3.64. The molecule has 70 valence electrons. The molecule has 2 aromatic rings. The third-order valence-corrected chi connectivity index (χ3v) is 2.22. The quantitative estimate of drug-likeness (QED) is 0.677. The molecule has 0 aliphatic carbocycles. The van der Waals surface area contributed by atoms with Gasteiger partial charge in [0.15, 0.2) is 0 Å². The summed E-state index contributed by atoms with van der Waals surface area (Å²) < 4.78 is 1.54. The van der Waals surface area contributed by atoms with Crippen LogP contribution in [-0.4, -0.2) is 9.55 Å². The standard InChI is InChI=1S/C11H10N2O/c1-3-9-10-8(4-6-12-9)5-7-13(2)11(10)14/h3-7H,1H2,2H3. The number of pyridine rings is 2. The lowest BCUT2D eigenvalue weighted by atomic mass is 10.1. The van der Waals surface area contributed by atoms with Crippen LogP contribution < -0.4 is 5.56 Å². The maximum Gasteiger partial charge on any atom is 0.260 e. The molecule has 0 spiro atoms. The first-order valence-corrected chi connectivity index (χ1v) is 4.31. The van der Waals surface area contributed by atoms with Crippen LogP contribution in [0.5, 0.6) is 0 Å². The SMILES string of the molecule is C=Cc1nccc2ccn(C)c(=O)c12. The summed E-state index contributed by atoms with van der Waals surface area (Å²) in [6.07, 6.45) is 5.03. The molecule has 0 aromatic carbocycles. The van der Waals surface area contributed by atoms with E-state index in [2.05, 4.69) is 11.6 Å². The molecule has 2 rings (SSSR count). The van der Waals surface area contributed by atoms with Crippen LogP contribution in [-0.2, 0) is 7.05 Å². The number of fused-ring (bicyclic) bond motifs is 1. The predicted octanol–water partition coefficient (Wildman–Crippen LogP) is 1.58. The zero-order chi connectivity index (χ0) is 10.1. The molecule has 0 aliphatic rings. The van der Waals surface area contributed by atoms with Crippen molar-refractivity contribution in [1.29, 1.82) is 0 Å². The Morgan fingerprint density at radius 3 is 3.00 bits per heavy atom. The summed E-state index contributed by atoms with van der Waals surface area (Å²) in [5.74, 6) is 0. The van der Waals surface area contributed by atoms with Crippen LogP contribution in [0.3, 0.4) is 0 Å². The van der Waals surface area contributed by atoms with Gasteiger partial charge in [-0.05, 0) is 23.6 Å². The van der Waals surface area contributed by atoms with Crippen LogP contribution in [0.4, 0.5) is 0 Å². The average Bonchev–Trinajstić information content (AvgIpc) is 2.23. The van der Waals surface area contributed by atoms with Crippen molar-refractivity contribution in [3.05, 3.63) is 47.2 Å². The van der Waals surface area contributed by atoms with Gasteiger partial charge in [0.25, 0.3) is 5.56 Å². The Morgan fingerprint density at radius 2 is 2.29 bits per heavy atom. The second kappa shape index (κ2) is 3.10. The fraction of sp³-hybridized carbons (Fsp3) is 0.0909. The highest BCUT2D eigenvalue weighted by Gasteiger charge is 2.04. The molecule has 0 amide bonds. The lowest BCUT2D eigenvalue weighted by Gasteiger charge is -2.02. The van der Waals surface area contributed by atoms with Gasteiger partial charge in [-0.2, -0.15) is 0 Å². The first-order chi connectivity index (χ1) is 6.74. The van der Waals surface area contributed by atoms with Crippen molar-refractivity contribution in [3.8, 4) is 0 Å². The molecule has 14 heavy (non-hydrogen) atoms. The molecular formula is C11H10N2O. The van der Waals surface area contributed by atoms with Gasteiger partial charge in [-0.15, -0.1) is 0 Å². The fourth-order valence-electron chi connectivity index (χ4n) is 1.46. The Bertz CT molecular complexity index is 555. The zero-order valence-electron chi connectivity index (χ0n) is 7.90. The highest BCUT2D eigenvalue weighted by Crippen LogP contribution is 2.12. The number of rotatable bonds is 1. The maximum absolute atomic E-state index is 11.8. The molecule has 0 saturated carbocycles. The summed E-state index contributed by atoms with van der Waals surface area (Å²) in [6, 6.07) is 3.72. The number of nitrogens with zero attached hydrogens (tertiary/aromatic N) is 2. The third-order valence-electron chi connectivity index (χ3n) is 2.22. The minimum atomic E-state index is -0.0366. The molecule has 0 atom stereocenters.